The molecule has 38 heavy (non-hydrogen) atoms. The average molecular weight is 542 g/mol. The zero-order chi connectivity index (χ0) is 27.9. The lowest BCUT2D eigenvalue weighted by molar-refractivity contribution is -0.146. The zero-order valence-corrected chi connectivity index (χ0v) is 24.1. The van der Waals surface area contributed by atoms with Gasteiger partial charge in [0, 0.05) is 42.6 Å². The van der Waals surface area contributed by atoms with E-state index in [1.807, 2.05) is 75.2 Å². The molecule has 0 aliphatic heterocycles. The number of hydrogen-bond acceptors (Lipinski definition) is 4. The number of hydrogen-bond donors (Lipinski definition) is 1. The minimum absolute atomic E-state index is 0.00148. The van der Waals surface area contributed by atoms with Gasteiger partial charge in [0.05, 0.1) is 26.2 Å². The van der Waals surface area contributed by atoms with Gasteiger partial charge in [-0.15, -0.1) is 11.6 Å². The molecule has 0 unspecified atom stereocenters. The third-order valence-electron chi connectivity index (χ3n) is 6.61. The fourth-order valence-electron chi connectivity index (χ4n) is 4.49. The maximum Gasteiger partial charge on any atom is 0.242 e. The summed E-state index contributed by atoms with van der Waals surface area (Å²) in [4.78, 5) is 33.9. The van der Waals surface area contributed by atoms with Crippen LogP contribution in [0.15, 0.2) is 48.7 Å². The molecule has 1 aromatic heterocycles. The van der Waals surface area contributed by atoms with Gasteiger partial charge in [-0.1, -0.05) is 38.1 Å². The minimum atomic E-state index is -0.755. The Labute approximate surface area is 231 Å². The van der Waals surface area contributed by atoms with Crippen molar-refractivity contribution in [3.63, 3.8) is 0 Å². The summed E-state index contributed by atoms with van der Waals surface area (Å²) in [6.07, 6.45) is 2.68. The highest BCUT2D eigenvalue weighted by molar-refractivity contribution is 6.19. The predicted molar refractivity (Wildman–Crippen MR) is 153 cm³/mol. The first-order chi connectivity index (χ1) is 18.1. The number of nitrogens with one attached hydrogen (secondary N) is 1. The van der Waals surface area contributed by atoms with Crippen molar-refractivity contribution < 1.29 is 19.1 Å². The molecule has 0 radical (unpaired) electrons. The number of benzene rings is 2. The number of carbonyl (C=O) groups is 2. The molecule has 2 aromatic carbocycles. The molecule has 0 aliphatic carbocycles. The topological polar surface area (TPSA) is 74.9 Å². The van der Waals surface area contributed by atoms with Crippen LogP contribution in [0.2, 0.25) is 0 Å². The number of methoxy groups -OCH3 is 2. The molecule has 0 atom stereocenters. The van der Waals surface area contributed by atoms with Crippen molar-refractivity contribution in [1.82, 2.24) is 14.8 Å². The second-order valence-electron chi connectivity index (χ2n) is 10.7. The van der Waals surface area contributed by atoms with E-state index in [1.54, 1.807) is 19.1 Å². The lowest BCUT2D eigenvalue weighted by atomic mass is 9.93. The van der Waals surface area contributed by atoms with Crippen LogP contribution in [0, 0.1) is 11.3 Å². The Morgan fingerprint density at radius 1 is 1.03 bits per heavy atom. The van der Waals surface area contributed by atoms with E-state index in [4.69, 9.17) is 21.1 Å². The van der Waals surface area contributed by atoms with Crippen LogP contribution in [0.3, 0.4) is 0 Å². The van der Waals surface area contributed by atoms with Crippen LogP contribution < -0.4 is 9.47 Å². The van der Waals surface area contributed by atoms with Gasteiger partial charge in [-0.25, -0.2) is 0 Å². The summed E-state index contributed by atoms with van der Waals surface area (Å²) in [7, 11) is 3.19. The van der Waals surface area contributed by atoms with Crippen LogP contribution in [0.25, 0.3) is 10.9 Å². The maximum atomic E-state index is 13.8. The van der Waals surface area contributed by atoms with Gasteiger partial charge in [0.2, 0.25) is 11.8 Å². The Hall–Kier alpha value is -3.19. The number of alkyl halides is 1. The van der Waals surface area contributed by atoms with Crippen LogP contribution in [0.5, 0.6) is 11.5 Å². The lowest BCUT2D eigenvalue weighted by Crippen LogP contribution is -2.49. The van der Waals surface area contributed by atoms with Gasteiger partial charge in [-0.2, -0.15) is 0 Å². The first-order valence-corrected chi connectivity index (χ1v) is 13.5. The van der Waals surface area contributed by atoms with E-state index in [0.717, 1.165) is 22.0 Å². The Morgan fingerprint density at radius 2 is 1.74 bits per heavy atom. The van der Waals surface area contributed by atoms with Crippen molar-refractivity contribution in [3.8, 4) is 11.5 Å². The smallest absolute Gasteiger partial charge is 0.242 e. The fraction of sp³-hybridized carbons (Fsp3) is 0.467. The molecule has 0 fully saturated rings. The second kappa shape index (κ2) is 13.1. The van der Waals surface area contributed by atoms with Gasteiger partial charge < -0.3 is 24.3 Å². The van der Waals surface area contributed by atoms with E-state index >= 15 is 0 Å². The quantitative estimate of drug-likeness (QED) is 0.290. The molecule has 3 rings (SSSR count). The van der Waals surface area contributed by atoms with E-state index in [9.17, 15) is 9.59 Å². The first kappa shape index (κ1) is 29.4. The molecule has 0 bridgehead atoms. The Balaban J connectivity index is 1.87. The molecule has 1 heterocycles. The number of amides is 2. The van der Waals surface area contributed by atoms with E-state index in [1.165, 1.54) is 0 Å². The highest BCUT2D eigenvalue weighted by Crippen LogP contribution is 2.28. The summed E-state index contributed by atoms with van der Waals surface area (Å²) in [5.41, 5.74) is 2.37. The Bertz CT molecular complexity index is 1240. The molecular formula is C30H40ClN3O4. The zero-order valence-electron chi connectivity index (χ0n) is 23.3. The average Bonchev–Trinajstić information content (AvgIpc) is 3.32. The summed E-state index contributed by atoms with van der Waals surface area (Å²) in [6, 6.07) is 13.8. The molecule has 0 saturated carbocycles. The summed E-state index contributed by atoms with van der Waals surface area (Å²) >= 11 is 6.11. The lowest BCUT2D eigenvalue weighted by Gasteiger charge is -2.33. The second-order valence-corrected chi connectivity index (χ2v) is 11.0. The number of aromatic nitrogens is 1. The van der Waals surface area contributed by atoms with E-state index in [2.05, 4.69) is 11.1 Å². The van der Waals surface area contributed by atoms with Crippen LogP contribution in [-0.4, -0.2) is 66.3 Å². The number of ether oxygens (including phenoxy) is 2. The number of nitrogens with zero attached hydrogens (tertiary/aromatic N) is 2. The molecule has 1 N–H and O–H groups in total. The number of carbonyl (C=O) groups excluding carboxylic acids is 2. The van der Waals surface area contributed by atoms with Crippen LogP contribution in [-0.2, 0) is 22.6 Å². The molecule has 7 nitrogen and oxygen atoms in total. The van der Waals surface area contributed by atoms with Gasteiger partial charge in [0.25, 0.3) is 0 Å². The standard InChI is InChI=1S/C30H40ClN3O4/c1-21(2)17-34(29(36)30(3,4)20-31)19-28(35)33(18-22-11-12-26(37-5)27(15-22)38-6)14-13-23-16-32-25-10-8-7-9-24(23)25/h7-12,15-16,21,32H,13-14,17-20H2,1-6H3. The molecule has 8 heteroatoms. The Morgan fingerprint density at radius 3 is 2.39 bits per heavy atom. The number of H-pyrrole nitrogens is 1. The monoisotopic (exact) mass is 541 g/mol. The number of para-hydroxylation sites is 1. The number of halogens is 1. The molecule has 0 spiro atoms. The van der Waals surface area contributed by atoms with Gasteiger partial charge in [0.1, 0.15) is 0 Å². The van der Waals surface area contributed by atoms with Crippen molar-refractivity contribution in [1.29, 1.82) is 0 Å². The molecular weight excluding hydrogens is 502 g/mol. The van der Waals surface area contributed by atoms with Crippen molar-refractivity contribution in [2.24, 2.45) is 11.3 Å². The predicted octanol–water partition coefficient (Wildman–Crippen LogP) is 5.51. The third-order valence-corrected chi connectivity index (χ3v) is 7.28. The van der Waals surface area contributed by atoms with E-state index < -0.39 is 5.41 Å². The molecule has 0 aliphatic rings. The number of rotatable bonds is 13. The van der Waals surface area contributed by atoms with Crippen LogP contribution >= 0.6 is 11.6 Å². The Kier molecular flexibility index (Phi) is 10.1. The minimum Gasteiger partial charge on any atom is -0.493 e. The third kappa shape index (κ3) is 7.22. The van der Waals surface area contributed by atoms with Crippen LogP contribution in [0.1, 0.15) is 38.8 Å². The summed E-state index contributed by atoms with van der Waals surface area (Å²) in [6.45, 7) is 9.07. The van der Waals surface area contributed by atoms with Gasteiger partial charge in [0.15, 0.2) is 11.5 Å². The van der Waals surface area contributed by atoms with Crippen molar-refractivity contribution in [2.75, 3.05) is 39.7 Å². The van der Waals surface area contributed by atoms with Crippen molar-refractivity contribution >= 4 is 34.3 Å². The first-order valence-electron chi connectivity index (χ1n) is 13.0. The van der Waals surface area contributed by atoms with Gasteiger partial charge in [-0.05, 0) is 55.5 Å². The molecule has 3 aromatic rings. The van der Waals surface area contributed by atoms with Gasteiger partial charge >= 0.3 is 0 Å². The largest absolute Gasteiger partial charge is 0.493 e. The highest BCUT2D eigenvalue weighted by Gasteiger charge is 2.33. The summed E-state index contributed by atoms with van der Waals surface area (Å²) in [5, 5.41) is 1.14. The fourth-order valence-corrected chi connectivity index (χ4v) is 4.61. The number of fused-ring (bicyclic) bond motifs is 1. The van der Waals surface area contributed by atoms with E-state index in [0.29, 0.717) is 37.6 Å². The summed E-state index contributed by atoms with van der Waals surface area (Å²) in [5.74, 6) is 1.41. The molecule has 2 amide bonds. The van der Waals surface area contributed by atoms with Crippen molar-refractivity contribution in [3.05, 3.63) is 59.8 Å². The maximum absolute atomic E-state index is 13.8. The molecule has 206 valence electrons. The number of aromatic amines is 1. The van der Waals surface area contributed by atoms with Gasteiger partial charge in [-0.3, -0.25) is 9.59 Å². The van der Waals surface area contributed by atoms with Crippen molar-refractivity contribution in [2.45, 2.75) is 40.7 Å². The highest BCUT2D eigenvalue weighted by atomic mass is 35.5. The van der Waals surface area contributed by atoms with E-state index in [-0.39, 0.29) is 30.2 Å². The van der Waals surface area contributed by atoms with Crippen LogP contribution in [0.4, 0.5) is 0 Å². The summed E-state index contributed by atoms with van der Waals surface area (Å²) < 4.78 is 10.9. The SMILES string of the molecule is COc1ccc(CN(CCc2c[nH]c3ccccc23)C(=O)CN(CC(C)C)C(=O)C(C)(C)CCl)cc1OC. The molecule has 0 saturated heterocycles. The normalized spacial score (nSPS) is 11.6.